The molecule has 1 aromatic carbocycles. The lowest BCUT2D eigenvalue weighted by molar-refractivity contribution is -0.793. The van der Waals surface area contributed by atoms with Gasteiger partial charge in [0, 0.05) is 6.07 Å². The van der Waals surface area contributed by atoms with E-state index in [0.29, 0.717) is 25.1 Å². The average molecular weight is 290 g/mol. The van der Waals surface area contributed by atoms with Crippen molar-refractivity contribution in [2.75, 3.05) is 6.61 Å². The van der Waals surface area contributed by atoms with Crippen LogP contribution in [0.15, 0.2) is 18.2 Å². The number of ether oxygens (including phenoxy) is 1. The molecule has 0 aliphatic carbocycles. The highest BCUT2D eigenvalue weighted by Crippen LogP contribution is 2.14. The molecule has 0 N–H and O–H groups in total. The summed E-state index contributed by atoms with van der Waals surface area (Å²) in [5.41, 5.74) is -3.28. The zero-order chi connectivity index (χ0) is 15.5. The highest BCUT2D eigenvalue weighted by atomic mass is 19.1. The van der Waals surface area contributed by atoms with E-state index < -0.39 is 45.3 Å². The van der Waals surface area contributed by atoms with Gasteiger partial charge >= 0.3 is 11.6 Å². The van der Waals surface area contributed by atoms with Crippen molar-refractivity contribution in [2.24, 2.45) is 0 Å². The summed E-state index contributed by atoms with van der Waals surface area (Å²) < 4.78 is 30.1. The molecule has 0 aliphatic rings. The monoisotopic (exact) mass is 290 g/mol. The average Bonchev–Trinajstić information content (AvgIpc) is 2.33. The largest absolute Gasteiger partial charge is 0.488 e. The molecular weight excluding hydrogens is 282 g/mol. The van der Waals surface area contributed by atoms with Crippen LogP contribution in [0.4, 0.5) is 8.78 Å². The minimum atomic E-state index is -2.73. The predicted molar refractivity (Wildman–Crippen MR) is 59.0 cm³/mol. The van der Waals surface area contributed by atoms with Gasteiger partial charge in [-0.15, -0.1) is 0 Å². The number of carbonyl (C=O) groups excluding carboxylic acids is 1. The third-order valence-corrected chi connectivity index (χ3v) is 2.36. The first-order chi connectivity index (χ1) is 9.16. The van der Waals surface area contributed by atoms with E-state index in [-0.39, 0.29) is 0 Å². The fourth-order valence-electron chi connectivity index (χ4n) is 1.13. The minimum absolute atomic E-state index is 0.509. The summed E-state index contributed by atoms with van der Waals surface area (Å²) in [7, 11) is 0. The van der Waals surface area contributed by atoms with E-state index in [1.165, 1.54) is 0 Å². The van der Waals surface area contributed by atoms with E-state index in [2.05, 4.69) is 4.74 Å². The summed E-state index contributed by atoms with van der Waals surface area (Å²) in [5.74, 6) is -3.41. The Balaban J connectivity index is 2.86. The Hall–Kier alpha value is -2.65. The van der Waals surface area contributed by atoms with Gasteiger partial charge in [-0.1, -0.05) is 0 Å². The van der Waals surface area contributed by atoms with Crippen LogP contribution < -0.4 is 0 Å². The summed E-state index contributed by atoms with van der Waals surface area (Å²) >= 11 is 0. The van der Waals surface area contributed by atoms with Crippen molar-refractivity contribution < 1.29 is 28.2 Å². The van der Waals surface area contributed by atoms with E-state index >= 15 is 0 Å². The van der Waals surface area contributed by atoms with Crippen LogP contribution in [0.25, 0.3) is 0 Å². The van der Waals surface area contributed by atoms with Gasteiger partial charge in [-0.25, -0.2) is 13.6 Å². The normalized spacial score (nSPS) is 10.9. The van der Waals surface area contributed by atoms with E-state index in [4.69, 9.17) is 0 Å². The van der Waals surface area contributed by atoms with Gasteiger partial charge in [-0.3, -0.25) is 20.2 Å². The Morgan fingerprint density at radius 2 is 1.65 bits per heavy atom. The van der Waals surface area contributed by atoms with Gasteiger partial charge in [0.15, 0.2) is 0 Å². The van der Waals surface area contributed by atoms with Crippen LogP contribution in [0.2, 0.25) is 0 Å². The number of hydrogen-bond donors (Lipinski definition) is 0. The molecule has 0 unspecified atom stereocenters. The fraction of sp³-hybridized carbons (Fsp3) is 0.300. The zero-order valence-corrected chi connectivity index (χ0v) is 10.0. The first kappa shape index (κ1) is 15.4. The second-order valence-electron chi connectivity index (χ2n) is 3.97. The van der Waals surface area contributed by atoms with Gasteiger partial charge in [0.1, 0.15) is 21.5 Å². The molecule has 0 bridgehead atoms. The Labute approximate surface area is 110 Å². The molecule has 0 radical (unpaired) electrons. The lowest BCUT2D eigenvalue weighted by Crippen LogP contribution is -2.47. The molecule has 20 heavy (non-hydrogen) atoms. The number of nitro groups is 2. The third kappa shape index (κ3) is 3.22. The number of hydrogen-bond acceptors (Lipinski definition) is 6. The third-order valence-electron chi connectivity index (χ3n) is 2.36. The number of benzene rings is 1. The molecular formula is C10H8F2N2O6. The molecule has 0 aromatic heterocycles. The molecule has 0 atom stereocenters. The van der Waals surface area contributed by atoms with Crippen LogP contribution in [0.1, 0.15) is 17.3 Å². The molecule has 0 saturated heterocycles. The lowest BCUT2D eigenvalue weighted by Gasteiger charge is -2.12. The molecule has 0 spiro atoms. The first-order valence-electron chi connectivity index (χ1n) is 5.09. The Bertz CT molecular complexity index is 543. The smallest absolute Gasteiger partial charge is 0.446 e. The van der Waals surface area contributed by atoms with Gasteiger partial charge in [0.2, 0.25) is 6.61 Å². The van der Waals surface area contributed by atoms with Crippen molar-refractivity contribution in [1.82, 2.24) is 0 Å². The zero-order valence-electron chi connectivity index (χ0n) is 10.0. The van der Waals surface area contributed by atoms with Crippen molar-refractivity contribution in [3.63, 3.8) is 0 Å². The number of nitrogens with zero attached hydrogens (tertiary/aromatic N) is 2. The Morgan fingerprint density at radius 3 is 2.05 bits per heavy atom. The number of rotatable bonds is 5. The highest BCUT2D eigenvalue weighted by Gasteiger charge is 2.52. The lowest BCUT2D eigenvalue weighted by atomic mass is 10.2. The van der Waals surface area contributed by atoms with Crippen LogP contribution in [0, 0.1) is 31.9 Å². The predicted octanol–water partition coefficient (Wildman–Crippen LogP) is 1.39. The standard InChI is InChI=1S/C10H8F2N2O6/c1-10(13(16)17,14(18)19)5-20-9(15)6-2-7(11)4-8(12)3-6/h2-4H,5H2,1H3. The quantitative estimate of drug-likeness (QED) is 0.350. The summed E-state index contributed by atoms with van der Waals surface area (Å²) in [4.78, 5) is 30.1. The van der Waals surface area contributed by atoms with Crippen LogP contribution in [0.5, 0.6) is 0 Å². The maximum atomic E-state index is 12.9. The van der Waals surface area contributed by atoms with Crippen molar-refractivity contribution in [3.8, 4) is 0 Å². The summed E-state index contributed by atoms with van der Waals surface area (Å²) in [6.45, 7) is -0.531. The van der Waals surface area contributed by atoms with Crippen LogP contribution in [-0.4, -0.2) is 28.1 Å². The molecule has 1 aromatic rings. The van der Waals surface area contributed by atoms with E-state index in [9.17, 15) is 33.8 Å². The highest BCUT2D eigenvalue weighted by molar-refractivity contribution is 5.89. The van der Waals surface area contributed by atoms with E-state index in [1.54, 1.807) is 0 Å². The minimum Gasteiger partial charge on any atom is -0.446 e. The number of halogens is 2. The van der Waals surface area contributed by atoms with Crippen molar-refractivity contribution in [1.29, 1.82) is 0 Å². The van der Waals surface area contributed by atoms with Crippen LogP contribution >= 0.6 is 0 Å². The Kier molecular flexibility index (Phi) is 4.27. The first-order valence-corrected chi connectivity index (χ1v) is 5.09. The van der Waals surface area contributed by atoms with Gasteiger partial charge in [0.25, 0.3) is 0 Å². The summed E-state index contributed by atoms with van der Waals surface area (Å²) in [6.07, 6.45) is 0. The maximum Gasteiger partial charge on any atom is 0.488 e. The van der Waals surface area contributed by atoms with Gasteiger partial charge in [0.05, 0.1) is 12.5 Å². The molecule has 0 amide bonds. The van der Waals surface area contributed by atoms with Crippen molar-refractivity contribution in [2.45, 2.75) is 12.6 Å². The van der Waals surface area contributed by atoms with Crippen molar-refractivity contribution in [3.05, 3.63) is 55.6 Å². The molecule has 10 heteroatoms. The van der Waals surface area contributed by atoms with Gasteiger partial charge in [-0.2, -0.15) is 0 Å². The topological polar surface area (TPSA) is 113 Å². The van der Waals surface area contributed by atoms with Gasteiger partial charge < -0.3 is 4.74 Å². The molecule has 1 rings (SSSR count). The number of carbonyl (C=O) groups is 1. The summed E-state index contributed by atoms with van der Waals surface area (Å²) in [6, 6.07) is 1.79. The number of esters is 1. The molecule has 8 nitrogen and oxygen atoms in total. The van der Waals surface area contributed by atoms with E-state index in [0.717, 1.165) is 0 Å². The SMILES string of the molecule is CC(COC(=O)c1cc(F)cc(F)c1)([N+](=O)[O-])[N+](=O)[O-]. The van der Waals surface area contributed by atoms with Crippen LogP contribution in [-0.2, 0) is 4.74 Å². The van der Waals surface area contributed by atoms with Crippen LogP contribution in [0.3, 0.4) is 0 Å². The molecule has 0 saturated carbocycles. The second-order valence-corrected chi connectivity index (χ2v) is 3.97. The van der Waals surface area contributed by atoms with Gasteiger partial charge in [-0.05, 0) is 12.1 Å². The fourth-order valence-corrected chi connectivity index (χ4v) is 1.13. The molecule has 108 valence electrons. The second kappa shape index (κ2) is 5.55. The molecule has 0 heterocycles. The van der Waals surface area contributed by atoms with E-state index in [1.807, 2.05) is 0 Å². The Morgan fingerprint density at radius 1 is 1.20 bits per heavy atom. The summed E-state index contributed by atoms with van der Waals surface area (Å²) in [5, 5.41) is 21.1. The van der Waals surface area contributed by atoms with Crippen molar-refractivity contribution >= 4 is 5.97 Å². The maximum absolute atomic E-state index is 12.9. The molecule has 0 aliphatic heterocycles. The molecule has 0 fully saturated rings.